The maximum atomic E-state index is 12.7. The predicted molar refractivity (Wildman–Crippen MR) is 176 cm³/mol. The number of hydrogen-bond acceptors (Lipinski definition) is 4. The number of alkyl halides is 2. The quantitative estimate of drug-likeness (QED) is 0.151. The summed E-state index contributed by atoms with van der Waals surface area (Å²) in [5, 5.41) is 3.15. The molecule has 0 spiro atoms. The minimum Gasteiger partial charge on any atom is -0.497 e. The van der Waals surface area contributed by atoms with Crippen molar-refractivity contribution in [1.82, 2.24) is 9.97 Å². The smallest absolute Gasteiger partial charge is 0.369 e. The molecule has 0 radical (unpaired) electrons. The molecule has 5 nitrogen and oxygen atoms in total. The van der Waals surface area contributed by atoms with Gasteiger partial charge in [0.25, 0.3) is 0 Å². The van der Waals surface area contributed by atoms with Gasteiger partial charge in [-0.2, -0.15) is 0 Å². The van der Waals surface area contributed by atoms with E-state index in [0.29, 0.717) is 12.2 Å². The number of methoxy groups -OCH3 is 1. The molecule has 4 aromatic rings. The predicted octanol–water partition coefficient (Wildman–Crippen LogP) is 8.81. The Balaban J connectivity index is 0.000000686. The standard InChI is InChI=1S/C27H25N3O2.CH2Cl2.BBr3/c1-19-8-12-22(13-9-19)25-18-28-27(24(29-25)16-20-6-4-3-5-7-20)30-26(31)17-21-10-14-23(32-2)15-11-21;2-1-3;2-1(3)4/h3-15,18H,16-17H2,1-2H3,(H,28,30,31);1H2;. The molecule has 39 heavy (non-hydrogen) atoms. The first-order chi connectivity index (χ1) is 18.7. The van der Waals surface area contributed by atoms with E-state index in [2.05, 4.69) is 76.6 Å². The Labute approximate surface area is 265 Å². The van der Waals surface area contributed by atoms with E-state index in [4.69, 9.17) is 32.9 Å². The maximum absolute atomic E-state index is 12.7. The molecular formula is C28H27BBr3Cl2N3O2. The molecule has 1 N–H and O–H groups in total. The summed E-state index contributed by atoms with van der Waals surface area (Å²) in [5.74, 6) is 1.11. The average molecular weight is 759 g/mol. The Kier molecular flexibility index (Phi) is 15.7. The molecular weight excluding hydrogens is 732 g/mol. The third kappa shape index (κ3) is 12.9. The lowest BCUT2D eigenvalue weighted by molar-refractivity contribution is -0.115. The summed E-state index contributed by atoms with van der Waals surface area (Å²) >= 11 is 18.8. The van der Waals surface area contributed by atoms with Crippen molar-refractivity contribution >= 4 is 85.4 Å². The molecule has 0 fully saturated rings. The fraction of sp³-hybridized carbons (Fsp3) is 0.179. The number of aryl methyl sites for hydroxylation is 1. The number of aromatic nitrogens is 2. The fourth-order valence-corrected chi connectivity index (χ4v) is 3.41. The normalized spacial score (nSPS) is 9.82. The van der Waals surface area contributed by atoms with Crippen LogP contribution in [0.1, 0.15) is 22.4 Å². The van der Waals surface area contributed by atoms with E-state index in [-0.39, 0.29) is 20.9 Å². The molecule has 1 heterocycles. The molecule has 0 unspecified atom stereocenters. The van der Waals surface area contributed by atoms with Crippen LogP contribution in [0, 0.1) is 6.92 Å². The first-order valence-corrected chi connectivity index (χ1v) is 15.5. The van der Waals surface area contributed by atoms with Crippen molar-refractivity contribution in [3.8, 4) is 17.0 Å². The third-order valence-electron chi connectivity index (χ3n) is 5.19. The van der Waals surface area contributed by atoms with Crippen LogP contribution in [-0.2, 0) is 17.6 Å². The molecule has 0 aliphatic heterocycles. The van der Waals surface area contributed by atoms with Crippen LogP contribution >= 0.6 is 70.5 Å². The summed E-state index contributed by atoms with van der Waals surface area (Å²) in [6.07, 6.45) is 2.53. The van der Waals surface area contributed by atoms with Crippen molar-refractivity contribution in [2.24, 2.45) is 0 Å². The van der Waals surface area contributed by atoms with Gasteiger partial charge < -0.3 is 10.1 Å². The average Bonchev–Trinajstić information content (AvgIpc) is 2.91. The Morgan fingerprint density at radius 1 is 0.923 bits per heavy atom. The van der Waals surface area contributed by atoms with Gasteiger partial charge in [-0.05, 0) is 30.2 Å². The highest BCUT2D eigenvalue weighted by atomic mass is 79.9. The fourth-order valence-electron chi connectivity index (χ4n) is 3.41. The topological polar surface area (TPSA) is 64.1 Å². The van der Waals surface area contributed by atoms with Crippen LogP contribution in [-0.4, -0.2) is 31.5 Å². The van der Waals surface area contributed by atoms with Crippen LogP contribution in [0.3, 0.4) is 0 Å². The van der Waals surface area contributed by atoms with E-state index >= 15 is 0 Å². The lowest BCUT2D eigenvalue weighted by atomic mass is 10.1. The molecule has 0 atom stereocenters. The largest absolute Gasteiger partial charge is 0.497 e. The summed E-state index contributed by atoms with van der Waals surface area (Å²) in [7, 11) is 1.62. The number of nitrogens with one attached hydrogen (secondary N) is 1. The van der Waals surface area contributed by atoms with E-state index in [1.165, 1.54) is 5.56 Å². The molecule has 0 saturated carbocycles. The number of ether oxygens (including phenoxy) is 1. The lowest BCUT2D eigenvalue weighted by Gasteiger charge is -2.12. The van der Waals surface area contributed by atoms with Gasteiger partial charge in [-0.1, -0.05) is 72.3 Å². The van der Waals surface area contributed by atoms with Gasteiger partial charge in [0.05, 0.1) is 36.5 Å². The molecule has 11 heteroatoms. The lowest BCUT2D eigenvalue weighted by Crippen LogP contribution is -2.17. The number of nitrogens with zero attached hydrogens (tertiary/aromatic N) is 2. The zero-order valence-electron chi connectivity index (χ0n) is 21.4. The van der Waals surface area contributed by atoms with Crippen molar-refractivity contribution in [3.63, 3.8) is 0 Å². The summed E-state index contributed by atoms with van der Waals surface area (Å²) in [6.45, 7) is 2.05. The number of hydrogen-bond donors (Lipinski definition) is 1. The van der Waals surface area contributed by atoms with Crippen LogP contribution in [0.4, 0.5) is 5.82 Å². The van der Waals surface area contributed by atoms with Gasteiger partial charge in [0.15, 0.2) is 5.82 Å². The Morgan fingerprint density at radius 3 is 2.08 bits per heavy atom. The van der Waals surface area contributed by atoms with Crippen LogP contribution < -0.4 is 10.1 Å². The maximum Gasteiger partial charge on any atom is 0.369 e. The molecule has 0 bridgehead atoms. The van der Waals surface area contributed by atoms with Crippen LogP contribution in [0.25, 0.3) is 11.3 Å². The molecule has 1 aromatic heterocycles. The van der Waals surface area contributed by atoms with Crippen LogP contribution in [0.2, 0.25) is 0 Å². The van der Waals surface area contributed by atoms with Crippen molar-refractivity contribution in [2.75, 3.05) is 17.8 Å². The van der Waals surface area contributed by atoms with E-state index in [0.717, 1.165) is 33.8 Å². The monoisotopic (exact) mass is 755 g/mol. The number of benzene rings is 3. The molecule has 4 rings (SSSR count). The van der Waals surface area contributed by atoms with Gasteiger partial charge in [0.2, 0.25) is 5.91 Å². The molecule has 1 amide bonds. The van der Waals surface area contributed by atoms with Crippen molar-refractivity contribution in [1.29, 1.82) is 0 Å². The Bertz CT molecular complexity index is 1280. The van der Waals surface area contributed by atoms with E-state index < -0.39 is 0 Å². The number of amides is 1. The minimum atomic E-state index is -0.137. The van der Waals surface area contributed by atoms with Crippen LogP contribution in [0.15, 0.2) is 85.1 Å². The van der Waals surface area contributed by atoms with E-state index in [9.17, 15) is 4.79 Å². The Hall–Kier alpha value is -1.91. The number of anilines is 1. The zero-order valence-corrected chi connectivity index (χ0v) is 27.7. The van der Waals surface area contributed by atoms with E-state index in [1.54, 1.807) is 13.3 Å². The van der Waals surface area contributed by atoms with Gasteiger partial charge in [-0.3, -0.25) is 4.79 Å². The van der Waals surface area contributed by atoms with Gasteiger partial charge >= 0.3 is 3.18 Å². The number of carbonyl (C=O) groups is 1. The zero-order chi connectivity index (χ0) is 28.6. The molecule has 0 saturated heterocycles. The SMILES string of the molecule is BrB(Br)Br.COc1ccc(CC(=O)Nc2ncc(-c3ccc(C)cc3)nc2Cc2ccccc2)cc1.ClCCl. The molecule has 3 aromatic carbocycles. The second kappa shape index (κ2) is 18.4. The van der Waals surface area contributed by atoms with Gasteiger partial charge in [0, 0.05) is 12.0 Å². The number of carbonyl (C=O) groups excluding carboxylic acids is 1. The van der Waals surface area contributed by atoms with Gasteiger partial charge in [-0.15, -0.1) is 70.5 Å². The summed E-state index contributed by atoms with van der Waals surface area (Å²) in [5.41, 5.74) is 5.70. The van der Waals surface area contributed by atoms with Crippen LogP contribution in [0.5, 0.6) is 5.75 Å². The highest BCUT2D eigenvalue weighted by Crippen LogP contribution is 2.22. The first kappa shape index (κ1) is 33.3. The molecule has 0 aliphatic rings. The van der Waals surface area contributed by atoms with Gasteiger partial charge in [-0.25, -0.2) is 9.97 Å². The summed E-state index contributed by atoms with van der Waals surface area (Å²) in [4.78, 5) is 22.1. The second-order valence-electron chi connectivity index (χ2n) is 8.00. The van der Waals surface area contributed by atoms with Crippen molar-refractivity contribution in [2.45, 2.75) is 19.8 Å². The second-order valence-corrected chi connectivity index (χ2v) is 15.2. The highest BCUT2D eigenvalue weighted by molar-refractivity contribution is 9.69. The van der Waals surface area contributed by atoms with E-state index in [1.807, 2.05) is 66.7 Å². The summed E-state index contributed by atoms with van der Waals surface area (Å²) in [6, 6.07) is 25.7. The van der Waals surface area contributed by atoms with Crippen molar-refractivity contribution < 1.29 is 9.53 Å². The molecule has 204 valence electrons. The molecule has 0 aliphatic carbocycles. The minimum absolute atomic E-state index is 0.137. The Morgan fingerprint density at radius 2 is 1.51 bits per heavy atom. The van der Waals surface area contributed by atoms with Gasteiger partial charge in [0.1, 0.15) is 5.75 Å². The number of rotatable bonds is 7. The first-order valence-electron chi connectivity index (χ1n) is 11.7. The number of halogens is 5. The third-order valence-corrected chi connectivity index (χ3v) is 5.19. The van der Waals surface area contributed by atoms with Crippen molar-refractivity contribution in [3.05, 3.63) is 107 Å². The summed E-state index contributed by atoms with van der Waals surface area (Å²) < 4.78 is 5.45. The highest BCUT2D eigenvalue weighted by Gasteiger charge is 2.13.